The van der Waals surface area contributed by atoms with Crippen LogP contribution in [-0.4, -0.2) is 43.7 Å². The first kappa shape index (κ1) is 14.5. The highest BCUT2D eigenvalue weighted by atomic mass is 16.5. The van der Waals surface area contributed by atoms with Crippen LogP contribution in [0, 0.1) is 5.92 Å². The molecule has 0 saturated heterocycles. The van der Waals surface area contributed by atoms with E-state index < -0.39 is 0 Å². The van der Waals surface area contributed by atoms with Gasteiger partial charge in [0, 0.05) is 26.7 Å². The number of carbonyl (C=O) groups excluding carboxylic acids is 1. The van der Waals surface area contributed by atoms with Gasteiger partial charge in [-0.15, -0.1) is 0 Å². The van der Waals surface area contributed by atoms with E-state index in [0.29, 0.717) is 19.0 Å². The van der Waals surface area contributed by atoms with Crippen molar-refractivity contribution in [3.63, 3.8) is 0 Å². The van der Waals surface area contributed by atoms with E-state index in [9.17, 15) is 4.79 Å². The summed E-state index contributed by atoms with van der Waals surface area (Å²) in [5.74, 6) is 0.965. The Hall–Kier alpha value is -0.610. The molecule has 0 radical (unpaired) electrons. The molecular weight excluding hydrogens is 216 g/mol. The molecule has 1 aliphatic rings. The zero-order valence-electron chi connectivity index (χ0n) is 11.3. The number of rotatable bonds is 5. The molecule has 0 bridgehead atoms. The summed E-state index contributed by atoms with van der Waals surface area (Å²) < 4.78 is 5.15. The van der Waals surface area contributed by atoms with Crippen LogP contribution < -0.4 is 5.73 Å². The van der Waals surface area contributed by atoms with Gasteiger partial charge in [-0.1, -0.05) is 6.92 Å². The third-order valence-corrected chi connectivity index (χ3v) is 3.93. The number of hydrogen-bond acceptors (Lipinski definition) is 3. The second-order valence-corrected chi connectivity index (χ2v) is 5.22. The van der Waals surface area contributed by atoms with Crippen molar-refractivity contribution < 1.29 is 9.53 Å². The summed E-state index contributed by atoms with van der Waals surface area (Å²) in [6.45, 7) is 2.69. The minimum Gasteiger partial charge on any atom is -0.380 e. The van der Waals surface area contributed by atoms with Gasteiger partial charge in [-0.3, -0.25) is 4.79 Å². The SMILES string of the molecule is COC(CN)CC(=O)N(C)C1CCC(C)CC1. The second kappa shape index (κ2) is 6.97. The van der Waals surface area contributed by atoms with E-state index in [-0.39, 0.29) is 12.0 Å². The van der Waals surface area contributed by atoms with Crippen LogP contribution in [0.5, 0.6) is 0 Å². The van der Waals surface area contributed by atoms with Crippen molar-refractivity contribution in [3.05, 3.63) is 0 Å². The van der Waals surface area contributed by atoms with Crippen LogP contribution >= 0.6 is 0 Å². The molecule has 1 rings (SSSR count). The third-order valence-electron chi connectivity index (χ3n) is 3.93. The van der Waals surface area contributed by atoms with Gasteiger partial charge in [0.25, 0.3) is 0 Å². The first-order chi connectivity index (χ1) is 8.08. The quantitative estimate of drug-likeness (QED) is 0.792. The largest absolute Gasteiger partial charge is 0.380 e. The van der Waals surface area contributed by atoms with Crippen molar-refractivity contribution in [3.8, 4) is 0 Å². The van der Waals surface area contributed by atoms with Crippen molar-refractivity contribution in [2.24, 2.45) is 11.7 Å². The van der Waals surface area contributed by atoms with Crippen LogP contribution in [0.1, 0.15) is 39.0 Å². The molecule has 4 heteroatoms. The Morgan fingerprint density at radius 1 is 1.41 bits per heavy atom. The highest BCUT2D eigenvalue weighted by Gasteiger charge is 2.25. The van der Waals surface area contributed by atoms with E-state index in [1.807, 2.05) is 11.9 Å². The lowest BCUT2D eigenvalue weighted by Gasteiger charge is -2.34. The number of nitrogens with two attached hydrogens (primary N) is 1. The molecule has 0 aliphatic heterocycles. The smallest absolute Gasteiger partial charge is 0.225 e. The maximum absolute atomic E-state index is 12.0. The lowest BCUT2D eigenvalue weighted by molar-refractivity contribution is -0.135. The van der Waals surface area contributed by atoms with Gasteiger partial charge in [0.1, 0.15) is 0 Å². The molecule has 1 atom stereocenters. The monoisotopic (exact) mass is 242 g/mol. The standard InChI is InChI=1S/C13H26N2O2/c1-10-4-6-11(7-5-10)15(2)13(16)8-12(9-14)17-3/h10-12H,4-9,14H2,1-3H3. The fourth-order valence-corrected chi connectivity index (χ4v) is 2.44. The number of hydrogen-bond donors (Lipinski definition) is 1. The highest BCUT2D eigenvalue weighted by molar-refractivity contribution is 5.76. The molecule has 1 amide bonds. The van der Waals surface area contributed by atoms with Crippen molar-refractivity contribution in [2.75, 3.05) is 20.7 Å². The molecule has 0 aromatic rings. The van der Waals surface area contributed by atoms with Gasteiger partial charge in [-0.2, -0.15) is 0 Å². The Bertz CT molecular complexity index is 234. The summed E-state index contributed by atoms with van der Waals surface area (Å²) in [6.07, 6.45) is 4.97. The molecule has 1 aliphatic carbocycles. The summed E-state index contributed by atoms with van der Waals surface area (Å²) >= 11 is 0. The molecular formula is C13H26N2O2. The number of methoxy groups -OCH3 is 1. The van der Waals surface area contributed by atoms with Crippen molar-refractivity contribution in [1.82, 2.24) is 4.90 Å². The number of nitrogens with zero attached hydrogens (tertiary/aromatic N) is 1. The molecule has 0 aromatic carbocycles. The maximum atomic E-state index is 12.0. The summed E-state index contributed by atoms with van der Waals surface area (Å²) in [5.41, 5.74) is 5.53. The summed E-state index contributed by atoms with van der Waals surface area (Å²) in [5, 5.41) is 0. The summed E-state index contributed by atoms with van der Waals surface area (Å²) in [7, 11) is 3.51. The number of carbonyl (C=O) groups is 1. The minimum absolute atomic E-state index is 0.146. The van der Waals surface area contributed by atoms with Crippen molar-refractivity contribution in [2.45, 2.75) is 51.2 Å². The number of ether oxygens (including phenoxy) is 1. The molecule has 100 valence electrons. The molecule has 2 N–H and O–H groups in total. The Labute approximate surface area is 104 Å². The van der Waals surface area contributed by atoms with E-state index in [1.54, 1.807) is 7.11 Å². The van der Waals surface area contributed by atoms with E-state index in [2.05, 4.69) is 6.92 Å². The fourth-order valence-electron chi connectivity index (χ4n) is 2.44. The molecule has 0 heterocycles. The molecule has 0 spiro atoms. The van der Waals surface area contributed by atoms with Gasteiger partial charge < -0.3 is 15.4 Å². The van der Waals surface area contributed by atoms with E-state index in [0.717, 1.165) is 18.8 Å². The van der Waals surface area contributed by atoms with E-state index >= 15 is 0 Å². The van der Waals surface area contributed by atoms with Crippen LogP contribution in [0.3, 0.4) is 0 Å². The molecule has 1 fully saturated rings. The van der Waals surface area contributed by atoms with Crippen LogP contribution in [0.15, 0.2) is 0 Å². The van der Waals surface area contributed by atoms with E-state index in [4.69, 9.17) is 10.5 Å². The van der Waals surface area contributed by atoms with Crippen molar-refractivity contribution in [1.29, 1.82) is 0 Å². The molecule has 1 unspecified atom stereocenters. The second-order valence-electron chi connectivity index (χ2n) is 5.22. The number of amides is 1. The third kappa shape index (κ3) is 4.28. The molecule has 4 nitrogen and oxygen atoms in total. The first-order valence-corrected chi connectivity index (χ1v) is 6.57. The first-order valence-electron chi connectivity index (χ1n) is 6.57. The van der Waals surface area contributed by atoms with Gasteiger partial charge >= 0.3 is 0 Å². The average molecular weight is 242 g/mol. The Morgan fingerprint density at radius 3 is 2.47 bits per heavy atom. The van der Waals surface area contributed by atoms with Gasteiger partial charge in [0.15, 0.2) is 0 Å². The molecule has 17 heavy (non-hydrogen) atoms. The van der Waals surface area contributed by atoms with Gasteiger partial charge in [0.05, 0.1) is 12.5 Å². The predicted octanol–water partition coefficient (Wildman–Crippen LogP) is 1.39. The van der Waals surface area contributed by atoms with Crippen LogP contribution in [0.25, 0.3) is 0 Å². The van der Waals surface area contributed by atoms with Gasteiger partial charge in [-0.05, 0) is 31.6 Å². The van der Waals surface area contributed by atoms with Crippen LogP contribution in [0.2, 0.25) is 0 Å². The normalized spacial score (nSPS) is 26.6. The van der Waals surface area contributed by atoms with Crippen LogP contribution in [-0.2, 0) is 9.53 Å². The Balaban J connectivity index is 2.40. The fraction of sp³-hybridized carbons (Fsp3) is 0.923. The highest BCUT2D eigenvalue weighted by Crippen LogP contribution is 2.26. The molecule has 0 aromatic heterocycles. The van der Waals surface area contributed by atoms with Gasteiger partial charge in [0.2, 0.25) is 5.91 Å². The summed E-state index contributed by atoms with van der Waals surface area (Å²) in [6, 6.07) is 0.411. The minimum atomic E-state index is -0.146. The van der Waals surface area contributed by atoms with Crippen LogP contribution in [0.4, 0.5) is 0 Å². The Morgan fingerprint density at radius 2 is 2.00 bits per heavy atom. The van der Waals surface area contributed by atoms with Gasteiger partial charge in [-0.25, -0.2) is 0 Å². The lowest BCUT2D eigenvalue weighted by atomic mass is 9.86. The molecule has 1 saturated carbocycles. The average Bonchev–Trinajstić information content (AvgIpc) is 2.35. The predicted molar refractivity (Wildman–Crippen MR) is 68.7 cm³/mol. The topological polar surface area (TPSA) is 55.6 Å². The maximum Gasteiger partial charge on any atom is 0.225 e. The lowest BCUT2D eigenvalue weighted by Crippen LogP contribution is -2.41. The zero-order valence-corrected chi connectivity index (χ0v) is 11.3. The Kier molecular flexibility index (Phi) is 5.92. The van der Waals surface area contributed by atoms with E-state index in [1.165, 1.54) is 12.8 Å². The summed E-state index contributed by atoms with van der Waals surface area (Å²) in [4.78, 5) is 13.9. The zero-order chi connectivity index (χ0) is 12.8. The van der Waals surface area contributed by atoms with Crippen molar-refractivity contribution >= 4 is 5.91 Å².